The normalized spacial score (nSPS) is 10.7. The summed E-state index contributed by atoms with van der Waals surface area (Å²) in [5.74, 6) is -0.0687. The highest BCUT2D eigenvalue weighted by molar-refractivity contribution is 5.94. The third-order valence-electron chi connectivity index (χ3n) is 3.41. The Kier molecular flexibility index (Phi) is 3.36. The molecule has 0 spiro atoms. The van der Waals surface area contributed by atoms with E-state index in [1.54, 1.807) is 18.2 Å². The molecule has 0 atom stereocenters. The number of fused-ring (bicyclic) bond motifs is 1. The number of H-pyrrole nitrogens is 1. The maximum Gasteiger partial charge on any atom is 0.228 e. The number of hydrogen-bond acceptors (Lipinski definition) is 2. The minimum absolute atomic E-state index is 0.0787. The van der Waals surface area contributed by atoms with E-state index < -0.39 is 0 Å². The van der Waals surface area contributed by atoms with Crippen LogP contribution in [-0.2, 0) is 11.2 Å². The number of aryl methyl sites for hydroxylation is 1. The fourth-order valence-electron chi connectivity index (χ4n) is 2.34. The number of phenolic OH excluding ortho intramolecular Hbond substituents is 1. The summed E-state index contributed by atoms with van der Waals surface area (Å²) < 4.78 is 0. The lowest BCUT2D eigenvalue weighted by Crippen LogP contribution is -2.14. The van der Waals surface area contributed by atoms with Crippen molar-refractivity contribution in [1.29, 1.82) is 0 Å². The van der Waals surface area contributed by atoms with E-state index in [1.807, 2.05) is 37.4 Å². The lowest BCUT2D eigenvalue weighted by atomic mass is 10.1. The standard InChI is InChI=1S/C17H16N2O2/c1-11-2-5-16(20)15(8-11)19-17(21)10-12-3-4-14-13(9-12)6-7-18-14/h2-9,18,20H,10H2,1H3,(H,19,21). The molecule has 1 amide bonds. The first-order valence-corrected chi connectivity index (χ1v) is 6.77. The van der Waals surface area contributed by atoms with Gasteiger partial charge in [-0.15, -0.1) is 0 Å². The van der Waals surface area contributed by atoms with Crippen molar-refractivity contribution in [2.75, 3.05) is 5.32 Å². The quantitative estimate of drug-likeness (QED) is 0.644. The Labute approximate surface area is 122 Å². The highest BCUT2D eigenvalue weighted by Crippen LogP contribution is 2.24. The molecule has 0 aliphatic rings. The average Bonchev–Trinajstić information content (AvgIpc) is 2.90. The fraction of sp³-hybridized carbons (Fsp3) is 0.118. The average molecular weight is 280 g/mol. The van der Waals surface area contributed by atoms with Crippen LogP contribution in [0.25, 0.3) is 10.9 Å². The number of phenols is 1. The molecule has 0 saturated carbocycles. The van der Waals surface area contributed by atoms with Gasteiger partial charge in [-0.25, -0.2) is 0 Å². The van der Waals surface area contributed by atoms with Crippen molar-refractivity contribution in [3.8, 4) is 5.75 Å². The molecule has 106 valence electrons. The molecule has 1 heterocycles. The number of aromatic nitrogens is 1. The maximum absolute atomic E-state index is 12.1. The van der Waals surface area contributed by atoms with E-state index in [1.165, 1.54) is 0 Å². The smallest absolute Gasteiger partial charge is 0.228 e. The Morgan fingerprint density at radius 3 is 2.90 bits per heavy atom. The molecule has 3 aromatic rings. The molecule has 3 rings (SSSR count). The second-order valence-corrected chi connectivity index (χ2v) is 5.14. The minimum Gasteiger partial charge on any atom is -0.506 e. The van der Waals surface area contributed by atoms with Crippen LogP contribution < -0.4 is 5.32 Å². The van der Waals surface area contributed by atoms with Gasteiger partial charge in [-0.2, -0.15) is 0 Å². The topological polar surface area (TPSA) is 65.1 Å². The monoisotopic (exact) mass is 280 g/mol. The van der Waals surface area contributed by atoms with Gasteiger partial charge in [0.2, 0.25) is 5.91 Å². The highest BCUT2D eigenvalue weighted by atomic mass is 16.3. The summed E-state index contributed by atoms with van der Waals surface area (Å²) in [5.41, 5.74) is 3.42. The highest BCUT2D eigenvalue weighted by Gasteiger charge is 2.08. The summed E-state index contributed by atoms with van der Waals surface area (Å²) in [6.07, 6.45) is 2.15. The summed E-state index contributed by atoms with van der Waals surface area (Å²) in [4.78, 5) is 15.2. The van der Waals surface area contributed by atoms with E-state index in [-0.39, 0.29) is 18.1 Å². The van der Waals surface area contributed by atoms with E-state index >= 15 is 0 Å². The van der Waals surface area contributed by atoms with Gasteiger partial charge in [-0.3, -0.25) is 4.79 Å². The number of anilines is 1. The van der Waals surface area contributed by atoms with Crippen LogP contribution in [0.4, 0.5) is 5.69 Å². The van der Waals surface area contributed by atoms with Gasteiger partial charge in [-0.1, -0.05) is 12.1 Å². The zero-order valence-corrected chi connectivity index (χ0v) is 11.7. The predicted octanol–water partition coefficient (Wildman–Crippen LogP) is 3.36. The molecule has 0 aliphatic heterocycles. The van der Waals surface area contributed by atoms with E-state index in [2.05, 4.69) is 10.3 Å². The van der Waals surface area contributed by atoms with Crippen LogP contribution >= 0.6 is 0 Å². The summed E-state index contributed by atoms with van der Waals surface area (Å²) in [7, 11) is 0. The largest absolute Gasteiger partial charge is 0.506 e. The number of carbonyl (C=O) groups excluding carboxylic acids is 1. The lowest BCUT2D eigenvalue weighted by molar-refractivity contribution is -0.115. The summed E-state index contributed by atoms with van der Waals surface area (Å²) >= 11 is 0. The lowest BCUT2D eigenvalue weighted by Gasteiger charge is -2.08. The molecule has 4 nitrogen and oxygen atoms in total. The fourth-order valence-corrected chi connectivity index (χ4v) is 2.34. The number of amides is 1. The Bertz CT molecular complexity index is 805. The first-order valence-electron chi connectivity index (χ1n) is 6.77. The molecule has 2 aromatic carbocycles. The number of hydrogen-bond donors (Lipinski definition) is 3. The Balaban J connectivity index is 1.75. The number of rotatable bonds is 3. The zero-order valence-electron chi connectivity index (χ0n) is 11.7. The van der Waals surface area contributed by atoms with Crippen LogP contribution in [0.1, 0.15) is 11.1 Å². The van der Waals surface area contributed by atoms with Crippen LogP contribution in [0, 0.1) is 6.92 Å². The molecular weight excluding hydrogens is 264 g/mol. The van der Waals surface area contributed by atoms with E-state index in [4.69, 9.17) is 0 Å². The molecule has 0 aliphatic carbocycles. The van der Waals surface area contributed by atoms with Crippen molar-refractivity contribution in [3.05, 3.63) is 59.8 Å². The van der Waals surface area contributed by atoms with E-state index in [9.17, 15) is 9.90 Å². The van der Waals surface area contributed by atoms with Gasteiger partial charge in [0.15, 0.2) is 0 Å². The molecule has 0 bridgehead atoms. The predicted molar refractivity (Wildman–Crippen MR) is 83.5 cm³/mol. The van der Waals surface area contributed by atoms with Gasteiger partial charge < -0.3 is 15.4 Å². The van der Waals surface area contributed by atoms with Crippen LogP contribution in [0.5, 0.6) is 5.75 Å². The number of aromatic hydroxyl groups is 1. The molecule has 0 saturated heterocycles. The van der Waals surface area contributed by atoms with Crippen molar-refractivity contribution in [1.82, 2.24) is 4.98 Å². The molecule has 1 aromatic heterocycles. The molecule has 4 heteroatoms. The van der Waals surface area contributed by atoms with Crippen molar-refractivity contribution < 1.29 is 9.90 Å². The van der Waals surface area contributed by atoms with Gasteiger partial charge in [0.1, 0.15) is 5.75 Å². The van der Waals surface area contributed by atoms with E-state index in [0.29, 0.717) is 5.69 Å². The molecule has 0 fully saturated rings. The number of nitrogens with one attached hydrogen (secondary N) is 2. The minimum atomic E-state index is -0.147. The maximum atomic E-state index is 12.1. The number of carbonyl (C=O) groups is 1. The first kappa shape index (κ1) is 13.2. The van der Waals surface area contributed by atoms with Gasteiger partial charge in [0, 0.05) is 11.7 Å². The number of aromatic amines is 1. The Hall–Kier alpha value is -2.75. The van der Waals surface area contributed by atoms with Gasteiger partial charge in [0.05, 0.1) is 12.1 Å². The third kappa shape index (κ3) is 2.89. The van der Waals surface area contributed by atoms with Crippen molar-refractivity contribution in [2.24, 2.45) is 0 Å². The molecule has 0 radical (unpaired) electrons. The summed E-state index contributed by atoms with van der Waals surface area (Å²) in [5, 5.41) is 13.6. The third-order valence-corrected chi connectivity index (χ3v) is 3.41. The Morgan fingerprint density at radius 1 is 1.19 bits per heavy atom. The first-order chi connectivity index (χ1) is 10.1. The molecule has 21 heavy (non-hydrogen) atoms. The second-order valence-electron chi connectivity index (χ2n) is 5.14. The van der Waals surface area contributed by atoms with Crippen molar-refractivity contribution >= 4 is 22.5 Å². The van der Waals surface area contributed by atoms with E-state index in [0.717, 1.165) is 22.0 Å². The SMILES string of the molecule is Cc1ccc(O)c(NC(=O)Cc2ccc3[nH]ccc3c2)c1. The Morgan fingerprint density at radius 2 is 2.05 bits per heavy atom. The van der Waals surface area contributed by atoms with Gasteiger partial charge in [-0.05, 0) is 53.8 Å². The van der Waals surface area contributed by atoms with Crippen molar-refractivity contribution in [3.63, 3.8) is 0 Å². The zero-order chi connectivity index (χ0) is 14.8. The van der Waals surface area contributed by atoms with Gasteiger partial charge >= 0.3 is 0 Å². The van der Waals surface area contributed by atoms with Crippen LogP contribution in [0.3, 0.4) is 0 Å². The van der Waals surface area contributed by atoms with Crippen LogP contribution in [0.15, 0.2) is 48.7 Å². The van der Waals surface area contributed by atoms with Crippen molar-refractivity contribution in [2.45, 2.75) is 13.3 Å². The molecule has 0 unspecified atom stereocenters. The summed E-state index contributed by atoms with van der Waals surface area (Å²) in [6, 6.07) is 13.0. The van der Waals surface area contributed by atoms with Crippen LogP contribution in [-0.4, -0.2) is 16.0 Å². The van der Waals surface area contributed by atoms with Gasteiger partial charge in [0.25, 0.3) is 0 Å². The molecule has 3 N–H and O–H groups in total. The van der Waals surface area contributed by atoms with Crippen LogP contribution in [0.2, 0.25) is 0 Å². The molecular formula is C17H16N2O2. The summed E-state index contributed by atoms with van der Waals surface area (Å²) in [6.45, 7) is 1.91. The second kappa shape index (κ2) is 5.32. The number of benzene rings is 2.